The molecular formula is C20H24N2O2. The lowest BCUT2D eigenvalue weighted by Crippen LogP contribution is -2.58. The molecule has 0 aromatic heterocycles. The van der Waals surface area contributed by atoms with Crippen molar-refractivity contribution in [2.75, 3.05) is 18.0 Å². The van der Waals surface area contributed by atoms with Gasteiger partial charge in [-0.1, -0.05) is 48.5 Å². The molecule has 3 rings (SSSR count). The second kappa shape index (κ2) is 7.49. The number of anilines is 1. The highest BCUT2D eigenvalue weighted by molar-refractivity contribution is 5.67. The Morgan fingerprint density at radius 3 is 2.29 bits per heavy atom. The van der Waals surface area contributed by atoms with Gasteiger partial charge in [0.25, 0.3) is 0 Å². The first-order chi connectivity index (χ1) is 11.6. The molecule has 0 unspecified atom stereocenters. The van der Waals surface area contributed by atoms with E-state index in [4.69, 9.17) is 0 Å². The van der Waals surface area contributed by atoms with Crippen LogP contribution in [0, 0.1) is 0 Å². The van der Waals surface area contributed by atoms with Crippen LogP contribution in [0.5, 0.6) is 0 Å². The third-order valence-electron chi connectivity index (χ3n) is 4.69. The van der Waals surface area contributed by atoms with Gasteiger partial charge in [-0.15, -0.1) is 0 Å². The second-order valence-electron chi connectivity index (χ2n) is 6.50. The van der Waals surface area contributed by atoms with Gasteiger partial charge in [0.1, 0.15) is 0 Å². The van der Waals surface area contributed by atoms with Crippen molar-refractivity contribution in [3.63, 3.8) is 0 Å². The average Bonchev–Trinajstić information content (AvgIpc) is 2.59. The van der Waals surface area contributed by atoms with E-state index in [9.17, 15) is 9.90 Å². The van der Waals surface area contributed by atoms with E-state index in [1.54, 1.807) is 0 Å². The first-order valence-electron chi connectivity index (χ1n) is 8.45. The molecule has 2 aromatic rings. The van der Waals surface area contributed by atoms with Gasteiger partial charge in [0, 0.05) is 37.4 Å². The molecule has 0 aliphatic carbocycles. The van der Waals surface area contributed by atoms with Crippen LogP contribution in [0.3, 0.4) is 0 Å². The summed E-state index contributed by atoms with van der Waals surface area (Å²) in [7, 11) is 0. The van der Waals surface area contributed by atoms with Gasteiger partial charge in [-0.3, -0.25) is 9.69 Å². The molecule has 1 aliphatic rings. The molecular weight excluding hydrogens is 300 g/mol. The molecule has 0 spiro atoms. The van der Waals surface area contributed by atoms with Crippen LogP contribution in [0.25, 0.3) is 0 Å². The third kappa shape index (κ3) is 3.95. The highest BCUT2D eigenvalue weighted by Gasteiger charge is 2.33. The summed E-state index contributed by atoms with van der Waals surface area (Å²) in [6.45, 7) is 4.63. The Hall–Kier alpha value is -2.33. The lowest BCUT2D eigenvalue weighted by molar-refractivity contribution is -0.138. The van der Waals surface area contributed by atoms with E-state index in [1.807, 2.05) is 36.4 Å². The largest absolute Gasteiger partial charge is 0.481 e. The number of carboxylic acids is 1. The van der Waals surface area contributed by atoms with Crippen molar-refractivity contribution in [3.05, 3.63) is 66.2 Å². The number of nitrogens with zero attached hydrogens (tertiary/aromatic N) is 2. The van der Waals surface area contributed by atoms with E-state index in [1.165, 1.54) is 11.3 Å². The van der Waals surface area contributed by atoms with Crippen molar-refractivity contribution >= 4 is 11.7 Å². The minimum absolute atomic E-state index is 0.00617. The van der Waals surface area contributed by atoms with Gasteiger partial charge in [-0.2, -0.15) is 0 Å². The van der Waals surface area contributed by atoms with E-state index < -0.39 is 5.97 Å². The van der Waals surface area contributed by atoms with E-state index in [-0.39, 0.29) is 12.5 Å². The van der Waals surface area contributed by atoms with Crippen LogP contribution in [-0.2, 0) is 11.3 Å². The van der Waals surface area contributed by atoms with Gasteiger partial charge in [-0.25, -0.2) is 0 Å². The maximum Gasteiger partial charge on any atom is 0.305 e. The number of rotatable bonds is 5. The summed E-state index contributed by atoms with van der Waals surface area (Å²) in [6, 6.07) is 20.8. The number of carbonyl (C=O) groups is 1. The lowest BCUT2D eigenvalue weighted by Gasteiger charge is -2.46. The van der Waals surface area contributed by atoms with Crippen molar-refractivity contribution in [1.29, 1.82) is 0 Å². The van der Waals surface area contributed by atoms with Crippen LogP contribution in [0.2, 0.25) is 0 Å². The summed E-state index contributed by atoms with van der Waals surface area (Å²) < 4.78 is 0. The number of benzene rings is 2. The molecule has 0 amide bonds. The molecule has 2 atom stereocenters. The van der Waals surface area contributed by atoms with Crippen LogP contribution in [-0.4, -0.2) is 41.1 Å². The summed E-state index contributed by atoms with van der Waals surface area (Å²) >= 11 is 0. The minimum Gasteiger partial charge on any atom is -0.481 e. The van der Waals surface area contributed by atoms with Crippen molar-refractivity contribution in [2.45, 2.75) is 32.0 Å². The summed E-state index contributed by atoms with van der Waals surface area (Å²) in [5, 5.41) is 9.35. The quantitative estimate of drug-likeness (QED) is 0.917. The Balaban J connectivity index is 1.79. The smallest absolute Gasteiger partial charge is 0.305 e. The average molecular weight is 324 g/mol. The van der Waals surface area contributed by atoms with Crippen LogP contribution >= 0.6 is 0 Å². The summed E-state index contributed by atoms with van der Waals surface area (Å²) in [5.41, 5.74) is 2.40. The van der Waals surface area contributed by atoms with Gasteiger partial charge >= 0.3 is 5.97 Å². The molecule has 4 heteroatoms. The van der Waals surface area contributed by atoms with E-state index in [0.29, 0.717) is 6.04 Å². The highest BCUT2D eigenvalue weighted by Crippen LogP contribution is 2.25. The molecule has 1 fully saturated rings. The standard InChI is InChI=1S/C20H24N2O2/c1-16-13-21(18-10-6-3-7-11-18)15-19(12-20(23)24)22(16)14-17-8-4-2-5-9-17/h2-11,16,19H,12-15H2,1H3,(H,23,24)/t16-,19+/m0/s1. The number of carboxylic acid groups (broad SMARTS) is 1. The molecule has 2 aromatic carbocycles. The predicted molar refractivity (Wildman–Crippen MR) is 96.1 cm³/mol. The van der Waals surface area contributed by atoms with Crippen molar-refractivity contribution in [3.8, 4) is 0 Å². The van der Waals surface area contributed by atoms with Crippen molar-refractivity contribution in [2.24, 2.45) is 0 Å². The minimum atomic E-state index is -0.736. The number of para-hydroxylation sites is 1. The summed E-state index contributed by atoms with van der Waals surface area (Å²) in [4.78, 5) is 16.0. The Labute approximate surface area is 143 Å². The first kappa shape index (κ1) is 16.5. The summed E-state index contributed by atoms with van der Waals surface area (Å²) in [6.07, 6.45) is 0.167. The number of hydrogen-bond donors (Lipinski definition) is 1. The van der Waals surface area contributed by atoms with E-state index in [0.717, 1.165) is 19.6 Å². The topological polar surface area (TPSA) is 43.8 Å². The van der Waals surface area contributed by atoms with Gasteiger partial charge in [0.05, 0.1) is 6.42 Å². The van der Waals surface area contributed by atoms with Crippen LogP contribution in [0.1, 0.15) is 18.9 Å². The third-order valence-corrected chi connectivity index (χ3v) is 4.69. The van der Waals surface area contributed by atoms with Crippen LogP contribution in [0.4, 0.5) is 5.69 Å². The van der Waals surface area contributed by atoms with Crippen molar-refractivity contribution < 1.29 is 9.90 Å². The molecule has 0 saturated carbocycles. The highest BCUT2D eigenvalue weighted by atomic mass is 16.4. The number of hydrogen-bond acceptors (Lipinski definition) is 3. The summed E-state index contributed by atoms with van der Waals surface area (Å²) in [5.74, 6) is -0.736. The molecule has 126 valence electrons. The molecule has 24 heavy (non-hydrogen) atoms. The first-order valence-corrected chi connectivity index (χ1v) is 8.45. The lowest BCUT2D eigenvalue weighted by atomic mass is 10.0. The van der Waals surface area contributed by atoms with Crippen LogP contribution in [0.15, 0.2) is 60.7 Å². The molecule has 4 nitrogen and oxygen atoms in total. The Morgan fingerprint density at radius 1 is 1.04 bits per heavy atom. The van der Waals surface area contributed by atoms with Crippen LogP contribution < -0.4 is 4.90 Å². The fourth-order valence-electron chi connectivity index (χ4n) is 3.53. The Kier molecular flexibility index (Phi) is 5.16. The SMILES string of the molecule is C[C@H]1CN(c2ccccc2)C[C@@H](CC(=O)O)N1Cc1ccccc1. The molecule has 1 N–H and O–H groups in total. The van der Waals surface area contributed by atoms with Gasteiger partial charge in [-0.05, 0) is 24.6 Å². The van der Waals surface area contributed by atoms with Gasteiger partial charge < -0.3 is 10.0 Å². The van der Waals surface area contributed by atoms with Crippen molar-refractivity contribution in [1.82, 2.24) is 4.90 Å². The fraction of sp³-hybridized carbons (Fsp3) is 0.350. The second-order valence-corrected chi connectivity index (χ2v) is 6.50. The Bertz CT molecular complexity index is 660. The van der Waals surface area contributed by atoms with Gasteiger partial charge in [0.2, 0.25) is 0 Å². The maximum atomic E-state index is 11.4. The molecule has 0 bridgehead atoms. The number of piperazine rings is 1. The normalized spacial score (nSPS) is 21.6. The number of aliphatic carboxylic acids is 1. The fourth-order valence-corrected chi connectivity index (χ4v) is 3.53. The molecule has 1 saturated heterocycles. The maximum absolute atomic E-state index is 11.4. The molecule has 1 aliphatic heterocycles. The molecule has 1 heterocycles. The van der Waals surface area contributed by atoms with E-state index in [2.05, 4.69) is 41.0 Å². The van der Waals surface area contributed by atoms with E-state index >= 15 is 0 Å². The zero-order valence-electron chi connectivity index (χ0n) is 14.0. The molecule has 0 radical (unpaired) electrons. The van der Waals surface area contributed by atoms with Gasteiger partial charge in [0.15, 0.2) is 0 Å². The zero-order valence-corrected chi connectivity index (χ0v) is 14.0. The monoisotopic (exact) mass is 324 g/mol. The predicted octanol–water partition coefficient (Wildman–Crippen LogP) is 3.24. The Morgan fingerprint density at radius 2 is 1.67 bits per heavy atom. The zero-order chi connectivity index (χ0) is 16.9.